The summed E-state index contributed by atoms with van der Waals surface area (Å²) in [6, 6.07) is 18.2. The smallest absolute Gasteiger partial charge is 0.271 e. The monoisotopic (exact) mass is 449 g/mol. The van der Waals surface area contributed by atoms with Gasteiger partial charge < -0.3 is 14.2 Å². The molecule has 33 heavy (non-hydrogen) atoms. The van der Waals surface area contributed by atoms with Crippen molar-refractivity contribution < 1.29 is 23.9 Å². The van der Waals surface area contributed by atoms with Gasteiger partial charge in [-0.25, -0.2) is 5.43 Å². The number of amides is 1. The summed E-state index contributed by atoms with van der Waals surface area (Å²) in [6.45, 7) is 2.65. The number of rotatable bonds is 10. The second-order valence-corrected chi connectivity index (χ2v) is 6.78. The Hall–Kier alpha value is -4.40. The Bertz CT molecular complexity index is 1130. The maximum absolute atomic E-state index is 12.3. The first-order chi connectivity index (χ1) is 16.0. The number of carbonyl (C=O) groups is 1. The molecule has 170 valence electrons. The van der Waals surface area contributed by atoms with E-state index in [1.54, 1.807) is 54.6 Å². The molecule has 0 unspecified atom stereocenters. The van der Waals surface area contributed by atoms with Gasteiger partial charge in [0.25, 0.3) is 11.6 Å². The van der Waals surface area contributed by atoms with Gasteiger partial charge in [-0.05, 0) is 72.6 Å². The molecule has 0 aromatic heterocycles. The molecule has 1 amide bonds. The summed E-state index contributed by atoms with van der Waals surface area (Å²) in [6.07, 6.45) is 1.52. The number of hydrogen-bond donors (Lipinski definition) is 1. The molecule has 0 saturated heterocycles. The number of benzene rings is 3. The molecule has 3 rings (SSSR count). The van der Waals surface area contributed by atoms with E-state index in [1.165, 1.54) is 25.5 Å². The van der Waals surface area contributed by atoms with Crippen LogP contribution in [-0.2, 0) is 6.61 Å². The first kappa shape index (κ1) is 23.3. The molecule has 0 aliphatic carbocycles. The van der Waals surface area contributed by atoms with Crippen LogP contribution in [0.15, 0.2) is 71.8 Å². The standard InChI is InChI=1S/C24H23N3O6/c1-3-32-22-13-8-19(14-23(22)31-2)24(28)26-25-15-17-6-11-21(12-7-17)33-16-18-4-9-20(10-5-18)27(29)30/h4-15H,3,16H2,1-2H3,(H,26,28)/b25-15+. The van der Waals surface area contributed by atoms with Crippen molar-refractivity contribution in [2.75, 3.05) is 13.7 Å². The molecule has 9 heteroatoms. The number of nitro groups is 1. The third-order valence-electron chi connectivity index (χ3n) is 4.54. The molecule has 0 aliphatic rings. The molecule has 0 fully saturated rings. The van der Waals surface area contributed by atoms with Crippen molar-refractivity contribution in [3.63, 3.8) is 0 Å². The van der Waals surface area contributed by atoms with E-state index >= 15 is 0 Å². The van der Waals surface area contributed by atoms with E-state index in [0.717, 1.165) is 11.1 Å². The van der Waals surface area contributed by atoms with Crippen LogP contribution >= 0.6 is 0 Å². The number of carbonyl (C=O) groups excluding carboxylic acids is 1. The fourth-order valence-electron chi connectivity index (χ4n) is 2.84. The summed E-state index contributed by atoms with van der Waals surface area (Å²) in [5, 5.41) is 14.7. The van der Waals surface area contributed by atoms with Crippen LogP contribution in [0.1, 0.15) is 28.4 Å². The number of methoxy groups -OCH3 is 1. The number of non-ortho nitro benzene ring substituents is 1. The van der Waals surface area contributed by atoms with Gasteiger partial charge in [-0.1, -0.05) is 0 Å². The first-order valence-electron chi connectivity index (χ1n) is 10.1. The Morgan fingerprint density at radius 3 is 2.39 bits per heavy atom. The highest BCUT2D eigenvalue weighted by atomic mass is 16.6. The maximum atomic E-state index is 12.3. The molecule has 3 aromatic carbocycles. The largest absolute Gasteiger partial charge is 0.493 e. The number of ether oxygens (including phenoxy) is 3. The zero-order valence-electron chi connectivity index (χ0n) is 18.2. The molecule has 0 bridgehead atoms. The number of nitro benzene ring substituents is 1. The van der Waals surface area contributed by atoms with E-state index in [1.807, 2.05) is 6.92 Å². The Balaban J connectivity index is 1.52. The second kappa shape index (κ2) is 11.3. The lowest BCUT2D eigenvalue weighted by molar-refractivity contribution is -0.384. The van der Waals surface area contributed by atoms with E-state index in [0.29, 0.717) is 29.4 Å². The van der Waals surface area contributed by atoms with Gasteiger partial charge in [0.1, 0.15) is 12.4 Å². The second-order valence-electron chi connectivity index (χ2n) is 6.78. The molecule has 0 spiro atoms. The maximum Gasteiger partial charge on any atom is 0.271 e. The molecule has 0 heterocycles. The van der Waals surface area contributed by atoms with Crippen molar-refractivity contribution in [2.45, 2.75) is 13.5 Å². The zero-order chi connectivity index (χ0) is 23.6. The number of nitrogens with zero attached hydrogens (tertiary/aromatic N) is 2. The van der Waals surface area contributed by atoms with Gasteiger partial charge in [-0.15, -0.1) is 0 Å². The Kier molecular flexibility index (Phi) is 7.96. The molecule has 0 saturated carbocycles. The molecule has 0 atom stereocenters. The summed E-state index contributed by atoms with van der Waals surface area (Å²) in [5.74, 6) is 1.29. The van der Waals surface area contributed by atoms with Crippen LogP contribution in [0.3, 0.4) is 0 Å². The minimum atomic E-state index is -0.442. The Morgan fingerprint density at radius 1 is 1.03 bits per heavy atom. The van der Waals surface area contributed by atoms with Crippen LogP contribution in [0.5, 0.6) is 17.2 Å². The van der Waals surface area contributed by atoms with Crippen LogP contribution in [0.4, 0.5) is 5.69 Å². The molecule has 0 aliphatic heterocycles. The quantitative estimate of drug-likeness (QED) is 0.280. The van der Waals surface area contributed by atoms with Crippen LogP contribution in [0.25, 0.3) is 0 Å². The van der Waals surface area contributed by atoms with Crippen molar-refractivity contribution >= 4 is 17.8 Å². The highest BCUT2D eigenvalue weighted by molar-refractivity contribution is 5.95. The molecular weight excluding hydrogens is 426 g/mol. The molecular formula is C24H23N3O6. The summed E-state index contributed by atoms with van der Waals surface area (Å²) < 4.78 is 16.4. The van der Waals surface area contributed by atoms with Crippen LogP contribution in [0.2, 0.25) is 0 Å². The third kappa shape index (κ3) is 6.54. The normalized spacial score (nSPS) is 10.6. The van der Waals surface area contributed by atoms with E-state index in [4.69, 9.17) is 14.2 Å². The van der Waals surface area contributed by atoms with Crippen molar-refractivity contribution in [1.29, 1.82) is 0 Å². The fraction of sp³-hybridized carbons (Fsp3) is 0.167. The predicted molar refractivity (Wildman–Crippen MR) is 123 cm³/mol. The third-order valence-corrected chi connectivity index (χ3v) is 4.54. The van der Waals surface area contributed by atoms with E-state index < -0.39 is 4.92 Å². The number of hydrogen-bond acceptors (Lipinski definition) is 7. The minimum Gasteiger partial charge on any atom is -0.493 e. The SMILES string of the molecule is CCOc1ccc(C(=O)N/N=C/c2ccc(OCc3ccc([N+](=O)[O-])cc3)cc2)cc1OC. The molecule has 9 nitrogen and oxygen atoms in total. The van der Waals surface area contributed by atoms with Gasteiger partial charge in [0.15, 0.2) is 11.5 Å². The van der Waals surface area contributed by atoms with Gasteiger partial charge in [0.05, 0.1) is 24.9 Å². The fourth-order valence-corrected chi connectivity index (χ4v) is 2.84. The summed E-state index contributed by atoms with van der Waals surface area (Å²) in [7, 11) is 1.51. The van der Waals surface area contributed by atoms with Crippen molar-refractivity contribution in [3.05, 3.63) is 93.5 Å². The van der Waals surface area contributed by atoms with Gasteiger partial charge in [0.2, 0.25) is 0 Å². The average Bonchev–Trinajstić information content (AvgIpc) is 2.84. The first-order valence-corrected chi connectivity index (χ1v) is 10.1. The van der Waals surface area contributed by atoms with Crippen LogP contribution < -0.4 is 19.6 Å². The van der Waals surface area contributed by atoms with Crippen molar-refractivity contribution in [3.8, 4) is 17.2 Å². The summed E-state index contributed by atoms with van der Waals surface area (Å²) in [4.78, 5) is 22.6. The highest BCUT2D eigenvalue weighted by Crippen LogP contribution is 2.28. The van der Waals surface area contributed by atoms with Crippen LogP contribution in [-0.4, -0.2) is 30.8 Å². The van der Waals surface area contributed by atoms with Crippen molar-refractivity contribution in [2.24, 2.45) is 5.10 Å². The van der Waals surface area contributed by atoms with Gasteiger partial charge in [-0.2, -0.15) is 5.10 Å². The van der Waals surface area contributed by atoms with Crippen molar-refractivity contribution in [1.82, 2.24) is 5.43 Å². The summed E-state index contributed by atoms with van der Waals surface area (Å²) in [5.41, 5.74) is 4.49. The van der Waals surface area contributed by atoms with Gasteiger partial charge in [-0.3, -0.25) is 14.9 Å². The van der Waals surface area contributed by atoms with E-state index in [2.05, 4.69) is 10.5 Å². The molecule has 3 aromatic rings. The lowest BCUT2D eigenvalue weighted by atomic mass is 10.2. The summed E-state index contributed by atoms with van der Waals surface area (Å²) >= 11 is 0. The lowest BCUT2D eigenvalue weighted by Crippen LogP contribution is -2.17. The molecule has 0 radical (unpaired) electrons. The average molecular weight is 449 g/mol. The van der Waals surface area contributed by atoms with E-state index in [9.17, 15) is 14.9 Å². The topological polar surface area (TPSA) is 112 Å². The van der Waals surface area contributed by atoms with Gasteiger partial charge in [0, 0.05) is 17.7 Å². The lowest BCUT2D eigenvalue weighted by Gasteiger charge is -2.10. The van der Waals surface area contributed by atoms with Gasteiger partial charge >= 0.3 is 0 Å². The zero-order valence-corrected chi connectivity index (χ0v) is 18.2. The van der Waals surface area contributed by atoms with E-state index in [-0.39, 0.29) is 18.2 Å². The Labute approximate surface area is 190 Å². The Morgan fingerprint density at radius 2 is 1.76 bits per heavy atom. The predicted octanol–water partition coefficient (Wildman–Crippen LogP) is 4.35. The number of hydrazone groups is 1. The number of nitrogens with one attached hydrogen (secondary N) is 1. The minimum absolute atomic E-state index is 0.0381. The van der Waals surface area contributed by atoms with Crippen LogP contribution in [0, 0.1) is 10.1 Å². The molecule has 1 N–H and O–H groups in total. The highest BCUT2D eigenvalue weighted by Gasteiger charge is 2.10.